The summed E-state index contributed by atoms with van der Waals surface area (Å²) in [5, 5.41) is 0. The van der Waals surface area contributed by atoms with Gasteiger partial charge in [0.15, 0.2) is 0 Å². The fourth-order valence-corrected chi connectivity index (χ4v) is 2.04. The molecule has 0 saturated heterocycles. The number of hydrogen-bond acceptors (Lipinski definition) is 6. The van der Waals surface area contributed by atoms with Crippen molar-refractivity contribution in [2.75, 3.05) is 14.2 Å². The predicted octanol–water partition coefficient (Wildman–Crippen LogP) is -0.142. The number of carbonyl (C=O) groups is 2. The molecule has 0 aliphatic rings. The molecule has 0 aliphatic heterocycles. The van der Waals surface area contributed by atoms with Crippen LogP contribution in [0.3, 0.4) is 0 Å². The Hall–Kier alpha value is -1.33. The SMILES string of the molecule is COC(=O)c1cccc(S(=O)(=O)O)c1C(=O)OC.[LiH]. The van der Waals surface area contributed by atoms with Crippen LogP contribution in [0.2, 0.25) is 0 Å². The van der Waals surface area contributed by atoms with Crippen LogP contribution in [0.5, 0.6) is 0 Å². The van der Waals surface area contributed by atoms with Gasteiger partial charge in [-0.2, -0.15) is 8.42 Å². The second-order valence-corrected chi connectivity index (χ2v) is 4.53. The molecule has 7 nitrogen and oxygen atoms in total. The molecule has 0 aliphatic carbocycles. The molecular formula is C10H11LiO7S. The standard InChI is InChI=1S/C10H10O7S.Li.H/c1-16-9(11)6-4-3-5-7(18(13,14)15)8(6)10(12)17-2;;/h3-5H,1-2H3,(H,13,14,15);;. The van der Waals surface area contributed by atoms with Crippen molar-refractivity contribution in [3.63, 3.8) is 0 Å². The van der Waals surface area contributed by atoms with Gasteiger partial charge in [-0.3, -0.25) is 4.55 Å². The van der Waals surface area contributed by atoms with Gasteiger partial charge in [0.05, 0.1) is 25.3 Å². The van der Waals surface area contributed by atoms with E-state index in [-0.39, 0.29) is 24.4 Å². The van der Waals surface area contributed by atoms with Crippen molar-refractivity contribution < 1.29 is 32.0 Å². The van der Waals surface area contributed by atoms with E-state index >= 15 is 0 Å². The summed E-state index contributed by atoms with van der Waals surface area (Å²) in [6.07, 6.45) is 0. The molecule has 0 amide bonds. The van der Waals surface area contributed by atoms with Gasteiger partial charge in [0.1, 0.15) is 4.90 Å². The molecule has 0 saturated carbocycles. The molecule has 0 radical (unpaired) electrons. The van der Waals surface area contributed by atoms with Gasteiger partial charge in [0, 0.05) is 0 Å². The number of rotatable bonds is 3. The fraction of sp³-hybridized carbons (Fsp3) is 0.200. The zero-order valence-corrected chi connectivity index (χ0v) is 10.4. The van der Waals surface area contributed by atoms with Crippen LogP contribution in [-0.2, 0) is 19.6 Å². The first-order chi connectivity index (χ1) is 8.32. The van der Waals surface area contributed by atoms with Crippen LogP contribution in [0.1, 0.15) is 20.7 Å². The molecule has 0 fully saturated rings. The number of carbonyl (C=O) groups excluding carboxylic acids is 2. The fourth-order valence-electron chi connectivity index (χ4n) is 1.34. The summed E-state index contributed by atoms with van der Waals surface area (Å²) in [7, 11) is -2.57. The summed E-state index contributed by atoms with van der Waals surface area (Å²) in [5.74, 6) is -1.98. The third-order valence-corrected chi connectivity index (χ3v) is 2.99. The number of ether oxygens (including phenoxy) is 2. The molecule has 0 bridgehead atoms. The Morgan fingerprint density at radius 1 is 1.11 bits per heavy atom. The molecule has 0 atom stereocenters. The van der Waals surface area contributed by atoms with Gasteiger partial charge < -0.3 is 9.47 Å². The van der Waals surface area contributed by atoms with Gasteiger partial charge in [-0.15, -0.1) is 0 Å². The Kier molecular flexibility index (Phi) is 6.25. The van der Waals surface area contributed by atoms with Crippen molar-refractivity contribution in [3.8, 4) is 0 Å². The average molecular weight is 282 g/mol. The van der Waals surface area contributed by atoms with Crippen molar-refractivity contribution in [1.29, 1.82) is 0 Å². The van der Waals surface area contributed by atoms with E-state index in [1.54, 1.807) is 0 Å². The first-order valence-corrected chi connectivity index (χ1v) is 6.04. The van der Waals surface area contributed by atoms with Crippen LogP contribution < -0.4 is 0 Å². The Labute approximate surface area is 121 Å². The summed E-state index contributed by atoms with van der Waals surface area (Å²) in [6, 6.07) is 3.36. The molecule has 100 valence electrons. The summed E-state index contributed by atoms with van der Waals surface area (Å²) >= 11 is 0. The summed E-state index contributed by atoms with van der Waals surface area (Å²) in [4.78, 5) is 22.2. The third kappa shape index (κ3) is 3.81. The van der Waals surface area contributed by atoms with Gasteiger partial charge >= 0.3 is 30.8 Å². The number of esters is 2. The molecule has 0 aromatic heterocycles. The maximum absolute atomic E-state index is 11.5. The Morgan fingerprint density at radius 2 is 1.63 bits per heavy atom. The molecular weight excluding hydrogens is 271 g/mol. The zero-order valence-electron chi connectivity index (χ0n) is 9.54. The maximum atomic E-state index is 11.5. The van der Waals surface area contributed by atoms with Gasteiger partial charge in [-0.25, -0.2) is 9.59 Å². The van der Waals surface area contributed by atoms with Crippen molar-refractivity contribution >= 4 is 40.9 Å². The third-order valence-electron chi connectivity index (χ3n) is 2.10. The van der Waals surface area contributed by atoms with Crippen LogP contribution >= 0.6 is 0 Å². The van der Waals surface area contributed by atoms with Crippen LogP contribution in [0.4, 0.5) is 0 Å². The summed E-state index contributed by atoms with van der Waals surface area (Å²) in [6.45, 7) is 0. The second kappa shape index (κ2) is 6.72. The quantitative estimate of drug-likeness (QED) is 0.467. The molecule has 19 heavy (non-hydrogen) atoms. The van der Waals surface area contributed by atoms with E-state index in [9.17, 15) is 18.0 Å². The van der Waals surface area contributed by atoms with Crippen LogP contribution in [0, 0.1) is 0 Å². The van der Waals surface area contributed by atoms with Crippen LogP contribution in [0.15, 0.2) is 23.1 Å². The van der Waals surface area contributed by atoms with E-state index in [4.69, 9.17) is 4.55 Å². The molecule has 1 aromatic rings. The van der Waals surface area contributed by atoms with Gasteiger partial charge in [0.2, 0.25) is 0 Å². The van der Waals surface area contributed by atoms with Crippen LogP contribution in [0.25, 0.3) is 0 Å². The first kappa shape index (κ1) is 17.7. The number of methoxy groups -OCH3 is 2. The van der Waals surface area contributed by atoms with E-state index in [0.717, 1.165) is 20.3 Å². The van der Waals surface area contributed by atoms with Crippen molar-refractivity contribution in [3.05, 3.63) is 29.3 Å². The Bertz CT molecular complexity index is 594. The second-order valence-electron chi connectivity index (χ2n) is 3.14. The molecule has 0 spiro atoms. The Balaban J connectivity index is 0.00000324. The van der Waals surface area contributed by atoms with E-state index < -0.39 is 32.5 Å². The molecule has 1 N–H and O–H groups in total. The number of benzene rings is 1. The van der Waals surface area contributed by atoms with Crippen molar-refractivity contribution in [2.24, 2.45) is 0 Å². The van der Waals surface area contributed by atoms with E-state index in [1.165, 1.54) is 12.1 Å². The minimum absolute atomic E-state index is 0. The minimum atomic E-state index is -4.66. The summed E-state index contributed by atoms with van der Waals surface area (Å²) < 4.78 is 40.1. The summed E-state index contributed by atoms with van der Waals surface area (Å²) in [5.41, 5.74) is -0.867. The topological polar surface area (TPSA) is 107 Å². The van der Waals surface area contributed by atoms with E-state index in [0.29, 0.717) is 0 Å². The molecule has 0 heterocycles. The van der Waals surface area contributed by atoms with E-state index in [2.05, 4.69) is 9.47 Å². The van der Waals surface area contributed by atoms with Crippen molar-refractivity contribution in [2.45, 2.75) is 4.90 Å². The number of hydrogen-bond donors (Lipinski definition) is 1. The predicted molar refractivity (Wildman–Crippen MR) is 66.1 cm³/mol. The average Bonchev–Trinajstić information content (AvgIpc) is 2.34. The monoisotopic (exact) mass is 282 g/mol. The van der Waals surface area contributed by atoms with Gasteiger partial charge in [-0.1, -0.05) is 6.07 Å². The van der Waals surface area contributed by atoms with Gasteiger partial charge in [0.25, 0.3) is 10.1 Å². The van der Waals surface area contributed by atoms with Crippen molar-refractivity contribution in [1.82, 2.24) is 0 Å². The molecule has 9 heteroatoms. The van der Waals surface area contributed by atoms with E-state index in [1.807, 2.05) is 0 Å². The molecule has 0 unspecified atom stereocenters. The molecule has 1 rings (SSSR count). The van der Waals surface area contributed by atoms with Gasteiger partial charge in [-0.05, 0) is 12.1 Å². The first-order valence-electron chi connectivity index (χ1n) is 4.60. The van der Waals surface area contributed by atoms with Crippen LogP contribution in [-0.4, -0.2) is 58.0 Å². The normalized spacial score (nSPS) is 10.3. The Morgan fingerprint density at radius 3 is 2.05 bits per heavy atom. The molecule has 1 aromatic carbocycles. The zero-order chi connectivity index (χ0) is 13.9.